The predicted molar refractivity (Wildman–Crippen MR) is 44.1 cm³/mol. The van der Waals surface area contributed by atoms with Gasteiger partial charge >= 0.3 is 15.4 Å². The minimum Gasteiger partial charge on any atom is -0.316 e. The van der Waals surface area contributed by atoms with Gasteiger partial charge in [-0.15, -0.1) is 0 Å². The molecular formula is C5H10ClNO4S. The number of hydrogen-bond acceptors (Lipinski definition) is 4. The molecule has 0 radical (unpaired) electrons. The predicted octanol–water partition coefficient (Wildman–Crippen LogP) is 0.995. The standard InChI is InChI=1S/C5H10ClNO4S/c1-5(2,3)7-4(8)11-12(6,9)10/h1-3H3,(H,7,8). The summed E-state index contributed by atoms with van der Waals surface area (Å²) in [5.74, 6) is 0. The molecule has 0 unspecified atom stereocenters. The molecule has 0 fully saturated rings. The number of rotatable bonds is 1. The van der Waals surface area contributed by atoms with Crippen LogP contribution in [0.25, 0.3) is 0 Å². The number of nitrogens with one attached hydrogen (secondary N) is 1. The molecule has 0 saturated carbocycles. The van der Waals surface area contributed by atoms with E-state index >= 15 is 0 Å². The van der Waals surface area contributed by atoms with E-state index in [2.05, 4.69) is 20.2 Å². The number of amides is 1. The Labute approximate surface area is 75.7 Å². The maximum Gasteiger partial charge on any atom is 0.424 e. The van der Waals surface area contributed by atoms with Crippen LogP contribution in [0.3, 0.4) is 0 Å². The lowest BCUT2D eigenvalue weighted by Crippen LogP contribution is -2.41. The van der Waals surface area contributed by atoms with Gasteiger partial charge in [0, 0.05) is 5.54 Å². The molecule has 0 aliphatic carbocycles. The summed E-state index contributed by atoms with van der Waals surface area (Å²) in [6, 6.07) is 0. The zero-order valence-electron chi connectivity index (χ0n) is 6.92. The summed E-state index contributed by atoms with van der Waals surface area (Å²) >= 11 is 0. The molecule has 0 aliphatic heterocycles. The molecule has 0 aromatic rings. The van der Waals surface area contributed by atoms with Gasteiger partial charge in [-0.05, 0) is 20.8 Å². The third kappa shape index (κ3) is 7.62. The highest BCUT2D eigenvalue weighted by atomic mass is 35.7. The van der Waals surface area contributed by atoms with Crippen LogP contribution < -0.4 is 5.32 Å². The minimum absolute atomic E-state index is 0.557. The van der Waals surface area contributed by atoms with Crippen molar-refractivity contribution >= 4 is 26.1 Å². The second kappa shape index (κ2) is 3.49. The third-order valence-electron chi connectivity index (χ3n) is 0.652. The van der Waals surface area contributed by atoms with Gasteiger partial charge in [0.15, 0.2) is 0 Å². The van der Waals surface area contributed by atoms with E-state index in [-0.39, 0.29) is 0 Å². The first-order chi connectivity index (χ1) is 5.10. The molecule has 0 aromatic carbocycles. The molecule has 7 heteroatoms. The van der Waals surface area contributed by atoms with E-state index in [0.717, 1.165) is 0 Å². The molecule has 1 N–H and O–H groups in total. The lowest BCUT2D eigenvalue weighted by atomic mass is 10.1. The molecule has 1 amide bonds. The van der Waals surface area contributed by atoms with Crippen LogP contribution in [0.15, 0.2) is 0 Å². The van der Waals surface area contributed by atoms with Gasteiger partial charge in [0.25, 0.3) is 0 Å². The van der Waals surface area contributed by atoms with Gasteiger partial charge in [0.05, 0.1) is 10.7 Å². The molecule has 0 aromatic heterocycles. The fourth-order valence-corrected chi connectivity index (χ4v) is 0.812. The highest BCUT2D eigenvalue weighted by molar-refractivity contribution is 8.10. The van der Waals surface area contributed by atoms with Gasteiger partial charge < -0.3 is 9.50 Å². The average Bonchev–Trinajstić information content (AvgIpc) is 1.49. The van der Waals surface area contributed by atoms with E-state index < -0.39 is 21.0 Å². The zero-order chi connectivity index (χ0) is 9.99. The molecule has 0 saturated heterocycles. The van der Waals surface area contributed by atoms with Gasteiger partial charge in [-0.3, -0.25) is 0 Å². The molecule has 0 rings (SSSR count). The van der Waals surface area contributed by atoms with Crippen LogP contribution in [0.4, 0.5) is 4.79 Å². The summed E-state index contributed by atoms with van der Waals surface area (Å²) in [7, 11) is 0.410. The summed E-state index contributed by atoms with van der Waals surface area (Å²) in [5, 5.41) is 2.25. The van der Waals surface area contributed by atoms with Crippen LogP contribution in [0.1, 0.15) is 20.8 Å². The Balaban J connectivity index is 4.10. The SMILES string of the molecule is CC(C)(C)NC(=O)OS(=O)(=O)Cl. The van der Waals surface area contributed by atoms with Gasteiger partial charge in [-0.25, -0.2) is 4.79 Å². The minimum atomic E-state index is -4.24. The quantitative estimate of drug-likeness (QED) is 0.663. The Bertz CT molecular complexity index is 266. The molecule has 12 heavy (non-hydrogen) atoms. The van der Waals surface area contributed by atoms with Crippen molar-refractivity contribution in [2.45, 2.75) is 26.3 Å². The first-order valence-electron chi connectivity index (χ1n) is 3.06. The van der Waals surface area contributed by atoms with Crippen LogP contribution in [-0.4, -0.2) is 20.0 Å². The number of carbonyl (C=O) groups excluding carboxylic acids is 1. The normalized spacial score (nSPS) is 12.3. The van der Waals surface area contributed by atoms with Crippen molar-refractivity contribution in [2.75, 3.05) is 0 Å². The Morgan fingerprint density at radius 2 is 1.83 bits per heavy atom. The lowest BCUT2D eigenvalue weighted by molar-refractivity contribution is 0.194. The lowest BCUT2D eigenvalue weighted by Gasteiger charge is -2.18. The summed E-state index contributed by atoms with van der Waals surface area (Å²) in [5.41, 5.74) is -0.557. The van der Waals surface area contributed by atoms with E-state index in [0.29, 0.717) is 0 Å². The second-order valence-corrected chi connectivity index (χ2v) is 5.23. The fourth-order valence-electron chi connectivity index (χ4n) is 0.417. The molecule has 5 nitrogen and oxygen atoms in total. The molecule has 0 bridgehead atoms. The van der Waals surface area contributed by atoms with Gasteiger partial charge in [-0.1, -0.05) is 0 Å². The van der Waals surface area contributed by atoms with Gasteiger partial charge in [0.2, 0.25) is 0 Å². The van der Waals surface area contributed by atoms with E-state index in [1.807, 2.05) is 0 Å². The highest BCUT2D eigenvalue weighted by Crippen LogP contribution is 2.03. The van der Waals surface area contributed by atoms with Gasteiger partial charge in [0.1, 0.15) is 0 Å². The molecule has 0 aliphatic rings. The Kier molecular flexibility index (Phi) is 3.34. The van der Waals surface area contributed by atoms with Crippen LogP contribution in [0.5, 0.6) is 0 Å². The van der Waals surface area contributed by atoms with Crippen LogP contribution in [0, 0.1) is 0 Å². The van der Waals surface area contributed by atoms with Crippen molar-refractivity contribution in [1.82, 2.24) is 5.32 Å². The molecular weight excluding hydrogens is 206 g/mol. The van der Waals surface area contributed by atoms with E-state index in [9.17, 15) is 13.2 Å². The molecule has 0 heterocycles. The molecule has 0 atom stereocenters. The maximum absolute atomic E-state index is 10.7. The topological polar surface area (TPSA) is 72.5 Å². The van der Waals surface area contributed by atoms with Crippen molar-refractivity contribution in [2.24, 2.45) is 0 Å². The number of hydrogen-bond donors (Lipinski definition) is 1. The van der Waals surface area contributed by atoms with Gasteiger partial charge in [-0.2, -0.15) is 8.42 Å². The Morgan fingerprint density at radius 1 is 1.42 bits per heavy atom. The Morgan fingerprint density at radius 3 is 2.08 bits per heavy atom. The van der Waals surface area contributed by atoms with Crippen molar-refractivity contribution in [3.05, 3.63) is 0 Å². The number of carbonyl (C=O) groups is 1. The first-order valence-corrected chi connectivity index (χ1v) is 5.30. The smallest absolute Gasteiger partial charge is 0.316 e. The highest BCUT2D eigenvalue weighted by Gasteiger charge is 2.19. The summed E-state index contributed by atoms with van der Waals surface area (Å²) in [4.78, 5) is 10.7. The average molecular weight is 216 g/mol. The Hall–Kier alpha value is -0.490. The van der Waals surface area contributed by atoms with Crippen LogP contribution in [0.2, 0.25) is 0 Å². The van der Waals surface area contributed by atoms with Crippen LogP contribution in [-0.2, 0) is 13.5 Å². The van der Waals surface area contributed by atoms with Crippen molar-refractivity contribution in [3.63, 3.8) is 0 Å². The summed E-state index contributed by atoms with van der Waals surface area (Å²) in [6.45, 7) is 5.03. The van der Waals surface area contributed by atoms with E-state index in [1.165, 1.54) is 0 Å². The van der Waals surface area contributed by atoms with Crippen molar-refractivity contribution in [1.29, 1.82) is 0 Å². The van der Waals surface area contributed by atoms with Crippen LogP contribution >= 0.6 is 10.7 Å². The summed E-state index contributed by atoms with van der Waals surface area (Å²) in [6.07, 6.45) is -1.09. The first kappa shape index (κ1) is 11.5. The van der Waals surface area contributed by atoms with Crippen molar-refractivity contribution in [3.8, 4) is 0 Å². The fraction of sp³-hybridized carbons (Fsp3) is 0.800. The van der Waals surface area contributed by atoms with E-state index in [4.69, 9.17) is 0 Å². The van der Waals surface area contributed by atoms with E-state index in [1.54, 1.807) is 20.8 Å². The number of halogens is 1. The maximum atomic E-state index is 10.7. The molecule has 0 spiro atoms. The second-order valence-electron chi connectivity index (χ2n) is 3.14. The monoisotopic (exact) mass is 215 g/mol. The van der Waals surface area contributed by atoms with Crippen molar-refractivity contribution < 1.29 is 17.4 Å². The summed E-state index contributed by atoms with van der Waals surface area (Å²) < 4.78 is 24.2. The largest absolute Gasteiger partial charge is 0.424 e. The third-order valence-corrected chi connectivity index (χ3v) is 1.19. The zero-order valence-corrected chi connectivity index (χ0v) is 8.49. The molecule has 72 valence electrons.